The molecule has 1 heterocycles. The van der Waals surface area contributed by atoms with E-state index in [1.54, 1.807) is 11.8 Å². The number of halogens is 1. The lowest BCUT2D eigenvalue weighted by Crippen LogP contribution is -2.38. The summed E-state index contributed by atoms with van der Waals surface area (Å²) in [6.07, 6.45) is 12.8. The first-order chi connectivity index (χ1) is 14.8. The van der Waals surface area contributed by atoms with E-state index in [9.17, 15) is 9.59 Å². The maximum atomic E-state index is 13.1. The Morgan fingerprint density at radius 2 is 1.68 bits per heavy atom. The fourth-order valence-electron chi connectivity index (χ4n) is 4.48. The molecule has 0 N–H and O–H groups in total. The van der Waals surface area contributed by atoms with E-state index in [4.69, 9.17) is 0 Å². The first kappa shape index (κ1) is 25.9. The Bertz CT molecular complexity index is 736. The van der Waals surface area contributed by atoms with Gasteiger partial charge in [0.2, 0.25) is 11.8 Å². The monoisotopic (exact) mass is 492 g/mol. The zero-order chi connectivity index (χ0) is 22.9. The van der Waals surface area contributed by atoms with E-state index in [-0.39, 0.29) is 17.2 Å². The van der Waals surface area contributed by atoms with E-state index in [1.807, 2.05) is 18.0 Å². The predicted molar refractivity (Wildman–Crippen MR) is 134 cm³/mol. The maximum absolute atomic E-state index is 13.1. The molecule has 0 saturated heterocycles. The Labute approximate surface area is 197 Å². The molecule has 1 aliphatic heterocycles. The summed E-state index contributed by atoms with van der Waals surface area (Å²) >= 11 is 3.59. The summed E-state index contributed by atoms with van der Waals surface area (Å²) in [6.45, 7) is 7.46. The van der Waals surface area contributed by atoms with Crippen molar-refractivity contribution in [2.75, 3.05) is 25.0 Å². The van der Waals surface area contributed by atoms with Crippen LogP contribution < -0.4 is 4.90 Å². The third kappa shape index (κ3) is 7.62. The molecule has 174 valence electrons. The van der Waals surface area contributed by atoms with Crippen LogP contribution in [0.25, 0.3) is 0 Å². The van der Waals surface area contributed by atoms with Gasteiger partial charge in [-0.2, -0.15) is 0 Å². The van der Waals surface area contributed by atoms with Crippen molar-refractivity contribution in [3.05, 3.63) is 28.2 Å². The molecular weight excluding hydrogens is 452 g/mol. The lowest BCUT2D eigenvalue weighted by atomic mass is 9.81. The van der Waals surface area contributed by atoms with Gasteiger partial charge in [0.1, 0.15) is 0 Å². The molecule has 1 aromatic carbocycles. The maximum Gasteiger partial charge on any atom is 0.227 e. The van der Waals surface area contributed by atoms with Crippen LogP contribution in [0.2, 0.25) is 0 Å². The van der Waals surface area contributed by atoms with E-state index < -0.39 is 0 Å². The van der Waals surface area contributed by atoms with Gasteiger partial charge in [-0.25, -0.2) is 0 Å². The second-order valence-electron chi connectivity index (χ2n) is 9.47. The van der Waals surface area contributed by atoms with Crippen LogP contribution in [0.4, 0.5) is 5.69 Å². The van der Waals surface area contributed by atoms with Gasteiger partial charge >= 0.3 is 0 Å². The van der Waals surface area contributed by atoms with Gasteiger partial charge in [0.05, 0.1) is 0 Å². The van der Waals surface area contributed by atoms with Crippen LogP contribution in [0.5, 0.6) is 0 Å². The molecule has 0 aromatic heterocycles. The van der Waals surface area contributed by atoms with E-state index >= 15 is 0 Å². The Balaban J connectivity index is 1.88. The largest absolute Gasteiger partial charge is 0.346 e. The van der Waals surface area contributed by atoms with Gasteiger partial charge in [-0.15, -0.1) is 0 Å². The molecule has 1 unspecified atom stereocenters. The molecule has 0 radical (unpaired) electrons. The molecule has 0 aliphatic carbocycles. The number of hydrogen-bond donors (Lipinski definition) is 0. The summed E-state index contributed by atoms with van der Waals surface area (Å²) < 4.78 is 1.03. The number of amides is 2. The average Bonchev–Trinajstić information content (AvgIpc) is 3.03. The summed E-state index contributed by atoms with van der Waals surface area (Å²) in [5, 5.41) is 0. The van der Waals surface area contributed by atoms with Gasteiger partial charge in [-0.3, -0.25) is 9.59 Å². The number of anilines is 1. The van der Waals surface area contributed by atoms with Gasteiger partial charge in [-0.05, 0) is 36.6 Å². The quantitative estimate of drug-likeness (QED) is 0.282. The van der Waals surface area contributed by atoms with Gasteiger partial charge < -0.3 is 9.80 Å². The molecule has 4 nitrogen and oxygen atoms in total. The number of unbranched alkanes of at least 4 members (excludes halogenated alkanes) is 8. The van der Waals surface area contributed by atoms with Crippen LogP contribution >= 0.6 is 15.9 Å². The number of rotatable bonds is 13. The van der Waals surface area contributed by atoms with Crippen LogP contribution in [-0.4, -0.2) is 36.9 Å². The van der Waals surface area contributed by atoms with Gasteiger partial charge in [0.15, 0.2) is 0 Å². The number of carbonyl (C=O) groups is 2. The minimum Gasteiger partial charge on any atom is -0.346 e. The Kier molecular flexibility index (Phi) is 10.5. The predicted octanol–water partition coefficient (Wildman–Crippen LogP) is 6.84. The van der Waals surface area contributed by atoms with E-state index in [0.29, 0.717) is 19.5 Å². The lowest BCUT2D eigenvalue weighted by Gasteiger charge is -2.28. The van der Waals surface area contributed by atoms with Crippen LogP contribution in [0, 0.1) is 0 Å². The fraction of sp³-hybridized carbons (Fsp3) is 0.692. The minimum absolute atomic E-state index is 0.0781. The van der Waals surface area contributed by atoms with Crippen LogP contribution in [0.3, 0.4) is 0 Å². The summed E-state index contributed by atoms with van der Waals surface area (Å²) in [5.41, 5.74) is 2.10. The Morgan fingerprint density at radius 3 is 2.29 bits per heavy atom. The number of carbonyl (C=O) groups excluding carboxylic acids is 2. The topological polar surface area (TPSA) is 40.6 Å². The molecule has 2 amide bonds. The molecule has 2 rings (SSSR count). The van der Waals surface area contributed by atoms with Crippen molar-refractivity contribution >= 4 is 33.4 Å². The minimum atomic E-state index is -0.142. The van der Waals surface area contributed by atoms with E-state index in [1.165, 1.54) is 50.5 Å². The third-order valence-corrected chi connectivity index (χ3v) is 7.23. The number of hydrogen-bond acceptors (Lipinski definition) is 2. The molecular formula is C26H41BrN2O2. The Hall–Kier alpha value is -1.36. The summed E-state index contributed by atoms with van der Waals surface area (Å²) in [6, 6.07) is 6.23. The van der Waals surface area contributed by atoms with Crippen molar-refractivity contribution in [3.63, 3.8) is 0 Å². The van der Waals surface area contributed by atoms with Crippen molar-refractivity contribution in [1.82, 2.24) is 4.90 Å². The zero-order valence-electron chi connectivity index (χ0n) is 20.0. The molecule has 0 bridgehead atoms. The Morgan fingerprint density at radius 1 is 1.06 bits per heavy atom. The van der Waals surface area contributed by atoms with Crippen LogP contribution in [-0.2, 0) is 15.0 Å². The highest BCUT2D eigenvalue weighted by Crippen LogP contribution is 2.44. The summed E-state index contributed by atoms with van der Waals surface area (Å²) in [5.74, 6) is 0.310. The second kappa shape index (κ2) is 12.6. The molecule has 5 heteroatoms. The van der Waals surface area contributed by atoms with Crippen molar-refractivity contribution in [2.24, 2.45) is 0 Å². The van der Waals surface area contributed by atoms with Gasteiger partial charge in [-0.1, -0.05) is 81.1 Å². The second-order valence-corrected chi connectivity index (χ2v) is 10.4. The van der Waals surface area contributed by atoms with Gasteiger partial charge in [0.25, 0.3) is 0 Å². The van der Waals surface area contributed by atoms with E-state index in [0.717, 1.165) is 29.4 Å². The van der Waals surface area contributed by atoms with Crippen molar-refractivity contribution in [2.45, 2.75) is 96.8 Å². The molecule has 1 atom stereocenters. The van der Waals surface area contributed by atoms with E-state index in [2.05, 4.69) is 41.9 Å². The highest BCUT2D eigenvalue weighted by Gasteiger charge is 2.41. The number of nitrogens with zero attached hydrogens (tertiary/aromatic N) is 2. The first-order valence-electron chi connectivity index (χ1n) is 12.1. The van der Waals surface area contributed by atoms with Crippen LogP contribution in [0.15, 0.2) is 22.7 Å². The molecule has 0 fully saturated rings. The van der Waals surface area contributed by atoms with Crippen molar-refractivity contribution in [1.29, 1.82) is 0 Å². The molecule has 1 aliphatic rings. The molecule has 1 aromatic rings. The third-order valence-electron chi connectivity index (χ3n) is 6.74. The molecule has 0 spiro atoms. The van der Waals surface area contributed by atoms with Crippen molar-refractivity contribution < 1.29 is 9.59 Å². The van der Waals surface area contributed by atoms with Crippen molar-refractivity contribution in [3.8, 4) is 0 Å². The number of benzene rings is 1. The highest BCUT2D eigenvalue weighted by molar-refractivity contribution is 9.10. The number of fused-ring (bicyclic) bond motifs is 1. The fourth-order valence-corrected chi connectivity index (χ4v) is 4.84. The summed E-state index contributed by atoms with van der Waals surface area (Å²) in [7, 11) is 1.84. The lowest BCUT2D eigenvalue weighted by molar-refractivity contribution is -0.127. The zero-order valence-corrected chi connectivity index (χ0v) is 21.6. The summed E-state index contributed by atoms with van der Waals surface area (Å²) in [4.78, 5) is 28.5. The smallest absolute Gasteiger partial charge is 0.227 e. The average molecular weight is 494 g/mol. The molecule has 31 heavy (non-hydrogen) atoms. The van der Waals surface area contributed by atoms with Gasteiger partial charge in [0, 0.05) is 49.1 Å². The normalized spacial score (nSPS) is 17.6. The molecule has 0 saturated carbocycles. The highest BCUT2D eigenvalue weighted by atomic mass is 79.9. The SMILES string of the molecule is CCCCCCCCCCCC(=O)N1CC(C)(CCN(C)C(C)=O)c2cc(Br)ccc21. The van der Waals surface area contributed by atoms with Crippen LogP contribution in [0.1, 0.15) is 97.0 Å². The first-order valence-corrected chi connectivity index (χ1v) is 12.9. The standard InChI is InChI=1S/C26H41BrN2O2/c1-5-6-7-8-9-10-11-12-13-14-25(31)29-20-26(3,17-18-28(4)21(2)30)23-19-22(27)15-16-24(23)29/h15-16,19H,5-14,17-18,20H2,1-4H3.